The Hall–Kier alpha value is -2.12. The van der Waals surface area contributed by atoms with Gasteiger partial charge in [-0.15, -0.1) is 11.3 Å². The van der Waals surface area contributed by atoms with Crippen LogP contribution in [0.15, 0.2) is 34.2 Å². The number of rotatable bonds is 4. The van der Waals surface area contributed by atoms with Crippen molar-refractivity contribution in [3.8, 4) is 0 Å². The number of anilines is 1. The van der Waals surface area contributed by atoms with Crippen LogP contribution in [0.25, 0.3) is 10.2 Å². The van der Waals surface area contributed by atoms with E-state index < -0.39 is 0 Å². The van der Waals surface area contributed by atoms with Crippen molar-refractivity contribution < 1.29 is 4.79 Å². The van der Waals surface area contributed by atoms with Gasteiger partial charge < -0.3 is 5.32 Å². The monoisotopic (exact) mass is 413 g/mol. The van der Waals surface area contributed by atoms with Crippen LogP contribution in [0.3, 0.4) is 0 Å². The molecule has 0 saturated heterocycles. The molecule has 1 atom stereocenters. The molecule has 0 saturated carbocycles. The maximum Gasteiger partial charge on any atom is 0.262 e. The number of thiophene rings is 1. The quantitative estimate of drug-likeness (QED) is 0.512. The van der Waals surface area contributed by atoms with Crippen LogP contribution in [0, 0.1) is 6.92 Å². The standard InChI is InChI=1S/C21H23N3O2S2/c1-12-8-4-6-10-15(12)22-18(25)13(2)27-21-23-19-17(20(26)24(21)3)14-9-5-7-11-16(14)28-19/h4,6,8,10,13H,5,7,9,11H2,1-3H3,(H,22,25)/t13-/m0/s1. The molecule has 0 bridgehead atoms. The van der Waals surface area contributed by atoms with Gasteiger partial charge in [-0.3, -0.25) is 14.2 Å². The summed E-state index contributed by atoms with van der Waals surface area (Å²) in [6, 6.07) is 7.70. The van der Waals surface area contributed by atoms with Gasteiger partial charge in [-0.25, -0.2) is 4.98 Å². The molecule has 0 aliphatic heterocycles. The number of nitrogens with zero attached hydrogens (tertiary/aromatic N) is 2. The number of hydrogen-bond acceptors (Lipinski definition) is 5. The lowest BCUT2D eigenvalue weighted by atomic mass is 9.97. The molecule has 2 heterocycles. The lowest BCUT2D eigenvalue weighted by Gasteiger charge is -2.15. The fourth-order valence-electron chi connectivity index (χ4n) is 3.53. The van der Waals surface area contributed by atoms with Crippen molar-refractivity contribution >= 4 is 44.9 Å². The summed E-state index contributed by atoms with van der Waals surface area (Å²) in [4.78, 5) is 32.5. The Morgan fingerprint density at radius 2 is 2.04 bits per heavy atom. The van der Waals surface area contributed by atoms with Crippen LogP contribution in [0.1, 0.15) is 35.8 Å². The summed E-state index contributed by atoms with van der Waals surface area (Å²) >= 11 is 2.96. The van der Waals surface area contributed by atoms with Gasteiger partial charge in [0.2, 0.25) is 5.91 Å². The first-order chi connectivity index (χ1) is 13.5. The molecule has 4 rings (SSSR count). The molecule has 0 radical (unpaired) electrons. The molecule has 1 aromatic carbocycles. The zero-order valence-electron chi connectivity index (χ0n) is 16.2. The maximum absolute atomic E-state index is 13.0. The van der Waals surface area contributed by atoms with Crippen LogP contribution in [0.2, 0.25) is 0 Å². The Balaban J connectivity index is 1.60. The Bertz CT molecular complexity index is 1120. The first-order valence-corrected chi connectivity index (χ1v) is 11.2. The zero-order valence-corrected chi connectivity index (χ0v) is 17.9. The topological polar surface area (TPSA) is 64.0 Å². The van der Waals surface area contributed by atoms with Crippen molar-refractivity contribution in [1.82, 2.24) is 9.55 Å². The number of amides is 1. The number of aryl methyl sites for hydroxylation is 3. The Morgan fingerprint density at radius 3 is 2.82 bits per heavy atom. The van der Waals surface area contributed by atoms with E-state index in [9.17, 15) is 9.59 Å². The van der Waals surface area contributed by atoms with E-state index >= 15 is 0 Å². The average Bonchev–Trinajstić information content (AvgIpc) is 3.05. The average molecular weight is 414 g/mol. The molecule has 1 N–H and O–H groups in total. The molecule has 1 aliphatic rings. The molecule has 146 valence electrons. The third kappa shape index (κ3) is 3.49. The van der Waals surface area contributed by atoms with Gasteiger partial charge in [-0.2, -0.15) is 0 Å². The molecule has 1 amide bonds. The van der Waals surface area contributed by atoms with Gasteiger partial charge in [-0.1, -0.05) is 30.0 Å². The van der Waals surface area contributed by atoms with Crippen LogP contribution in [-0.4, -0.2) is 20.7 Å². The fourth-order valence-corrected chi connectivity index (χ4v) is 5.71. The molecule has 0 fully saturated rings. The van der Waals surface area contributed by atoms with E-state index in [1.165, 1.54) is 28.6 Å². The smallest absolute Gasteiger partial charge is 0.262 e. The third-order valence-electron chi connectivity index (χ3n) is 5.21. The lowest BCUT2D eigenvalue weighted by Crippen LogP contribution is -2.26. The summed E-state index contributed by atoms with van der Waals surface area (Å²) in [6.07, 6.45) is 4.32. The molecule has 5 nitrogen and oxygen atoms in total. The number of aromatic nitrogens is 2. The van der Waals surface area contributed by atoms with E-state index in [1.54, 1.807) is 23.0 Å². The highest BCUT2D eigenvalue weighted by Crippen LogP contribution is 2.35. The van der Waals surface area contributed by atoms with E-state index in [0.29, 0.717) is 5.16 Å². The van der Waals surface area contributed by atoms with Crippen molar-refractivity contribution in [2.45, 2.75) is 49.9 Å². The molecule has 0 spiro atoms. The molecule has 2 aromatic heterocycles. The van der Waals surface area contributed by atoms with Crippen LogP contribution in [0.5, 0.6) is 0 Å². The summed E-state index contributed by atoms with van der Waals surface area (Å²) in [5.74, 6) is -0.0980. The highest BCUT2D eigenvalue weighted by molar-refractivity contribution is 8.00. The Morgan fingerprint density at radius 1 is 1.29 bits per heavy atom. The summed E-state index contributed by atoms with van der Waals surface area (Å²) in [5, 5.41) is 3.97. The van der Waals surface area contributed by atoms with Crippen LogP contribution < -0.4 is 10.9 Å². The number of para-hydroxylation sites is 1. The predicted molar refractivity (Wildman–Crippen MR) is 117 cm³/mol. The van der Waals surface area contributed by atoms with Gasteiger partial charge in [0.05, 0.1) is 10.6 Å². The molecule has 28 heavy (non-hydrogen) atoms. The number of benzene rings is 1. The molecular weight excluding hydrogens is 390 g/mol. The van der Waals surface area contributed by atoms with Gasteiger partial charge in [0, 0.05) is 17.6 Å². The molecule has 3 aromatic rings. The van der Waals surface area contributed by atoms with Crippen molar-refractivity contribution in [3.05, 3.63) is 50.6 Å². The molecule has 1 aliphatic carbocycles. The zero-order chi connectivity index (χ0) is 19.8. The second kappa shape index (κ2) is 7.72. The largest absolute Gasteiger partial charge is 0.325 e. The summed E-state index contributed by atoms with van der Waals surface area (Å²) in [7, 11) is 1.75. The van der Waals surface area contributed by atoms with Gasteiger partial charge in [0.25, 0.3) is 5.56 Å². The Kier molecular flexibility index (Phi) is 5.29. The first kappa shape index (κ1) is 19.2. The van der Waals surface area contributed by atoms with Gasteiger partial charge in [0.15, 0.2) is 5.16 Å². The van der Waals surface area contributed by atoms with Gasteiger partial charge in [0.1, 0.15) is 4.83 Å². The SMILES string of the molecule is Cc1ccccc1NC(=O)[C@H](C)Sc1nc2sc3c(c2c(=O)n1C)CCCC3. The minimum absolute atomic E-state index is 0.00147. The van der Waals surface area contributed by atoms with E-state index in [0.717, 1.165) is 40.7 Å². The number of fused-ring (bicyclic) bond motifs is 3. The second-order valence-corrected chi connectivity index (χ2v) is 9.61. The number of carbonyl (C=O) groups excluding carboxylic acids is 1. The van der Waals surface area contributed by atoms with Gasteiger partial charge >= 0.3 is 0 Å². The molecular formula is C21H23N3O2S2. The number of thioether (sulfide) groups is 1. The maximum atomic E-state index is 13.0. The molecule has 0 unspecified atom stereocenters. The minimum Gasteiger partial charge on any atom is -0.325 e. The van der Waals surface area contributed by atoms with E-state index in [-0.39, 0.29) is 16.7 Å². The minimum atomic E-state index is -0.371. The van der Waals surface area contributed by atoms with E-state index in [1.807, 2.05) is 38.1 Å². The first-order valence-electron chi connectivity index (χ1n) is 9.50. The highest BCUT2D eigenvalue weighted by atomic mass is 32.2. The summed E-state index contributed by atoms with van der Waals surface area (Å²) in [5.41, 5.74) is 3.02. The van der Waals surface area contributed by atoms with Crippen molar-refractivity contribution in [3.63, 3.8) is 0 Å². The van der Waals surface area contributed by atoms with Crippen LogP contribution in [-0.2, 0) is 24.7 Å². The fraction of sp³-hybridized carbons (Fsp3) is 0.381. The Labute approximate surface area is 172 Å². The third-order valence-corrected chi connectivity index (χ3v) is 7.54. The van der Waals surface area contributed by atoms with Crippen molar-refractivity contribution in [1.29, 1.82) is 0 Å². The second-order valence-electron chi connectivity index (χ2n) is 7.21. The van der Waals surface area contributed by atoms with Crippen molar-refractivity contribution in [2.24, 2.45) is 7.05 Å². The van der Waals surface area contributed by atoms with E-state index in [2.05, 4.69) is 5.32 Å². The molecule has 7 heteroatoms. The van der Waals surface area contributed by atoms with E-state index in [4.69, 9.17) is 4.98 Å². The number of nitrogens with one attached hydrogen (secondary N) is 1. The lowest BCUT2D eigenvalue weighted by molar-refractivity contribution is -0.115. The van der Waals surface area contributed by atoms with Gasteiger partial charge in [-0.05, 0) is 56.7 Å². The number of hydrogen-bond donors (Lipinski definition) is 1. The van der Waals surface area contributed by atoms with Crippen molar-refractivity contribution in [2.75, 3.05) is 5.32 Å². The highest BCUT2D eigenvalue weighted by Gasteiger charge is 2.23. The normalized spacial score (nSPS) is 14.7. The summed E-state index contributed by atoms with van der Waals surface area (Å²) in [6.45, 7) is 3.80. The summed E-state index contributed by atoms with van der Waals surface area (Å²) < 4.78 is 1.59. The van der Waals surface area contributed by atoms with Crippen LogP contribution in [0.4, 0.5) is 5.69 Å². The predicted octanol–water partition coefficient (Wildman–Crippen LogP) is 4.30. The number of carbonyl (C=O) groups is 1. The van der Waals surface area contributed by atoms with Crippen LogP contribution >= 0.6 is 23.1 Å².